The van der Waals surface area contributed by atoms with Crippen LogP contribution >= 0.6 is 11.6 Å². The van der Waals surface area contributed by atoms with E-state index < -0.39 is 15.2 Å². The second kappa shape index (κ2) is 7.86. The Hall–Kier alpha value is -1.76. The second-order valence-corrected chi connectivity index (χ2v) is 9.04. The molecule has 0 saturated carbocycles. The predicted molar refractivity (Wildman–Crippen MR) is 109 cm³/mol. The maximum absolute atomic E-state index is 11.9. The van der Waals surface area contributed by atoms with E-state index in [1.54, 1.807) is 0 Å². The van der Waals surface area contributed by atoms with Crippen molar-refractivity contribution in [1.82, 2.24) is 4.72 Å². The van der Waals surface area contributed by atoms with Crippen molar-refractivity contribution in [2.75, 3.05) is 42.2 Å². The molecule has 26 heavy (non-hydrogen) atoms. The molecule has 0 bridgehead atoms. The predicted octanol–water partition coefficient (Wildman–Crippen LogP) is 2.97. The summed E-state index contributed by atoms with van der Waals surface area (Å²) in [6, 6.07) is 16.4. The Bertz CT molecular complexity index is 853. The van der Waals surface area contributed by atoms with E-state index in [-0.39, 0.29) is 12.6 Å². The number of halogens is 1. The van der Waals surface area contributed by atoms with E-state index in [0.29, 0.717) is 0 Å². The van der Waals surface area contributed by atoms with Crippen LogP contribution in [0.5, 0.6) is 0 Å². The molecule has 7 heteroatoms. The number of benzene rings is 2. The number of nitrogens with zero attached hydrogens (tertiary/aromatic N) is 2. The first-order chi connectivity index (χ1) is 12.4. The van der Waals surface area contributed by atoms with E-state index in [0.717, 1.165) is 24.2 Å². The summed E-state index contributed by atoms with van der Waals surface area (Å²) in [5.74, 6) is 0. The number of nitrogens with one attached hydrogen (secondary N) is 1. The minimum atomic E-state index is -3.47. The van der Waals surface area contributed by atoms with Crippen LogP contribution in [0.3, 0.4) is 0 Å². The molecule has 140 valence electrons. The fourth-order valence-electron chi connectivity index (χ4n) is 3.33. The van der Waals surface area contributed by atoms with E-state index in [9.17, 15) is 8.42 Å². The third-order valence-electron chi connectivity index (χ3n) is 4.73. The molecule has 0 aliphatic carbocycles. The maximum Gasteiger partial charge on any atom is 0.225 e. The van der Waals surface area contributed by atoms with Crippen molar-refractivity contribution >= 4 is 33.0 Å². The monoisotopic (exact) mass is 393 g/mol. The van der Waals surface area contributed by atoms with Crippen molar-refractivity contribution in [3.8, 4) is 0 Å². The first-order valence-corrected chi connectivity index (χ1v) is 10.7. The zero-order valence-corrected chi connectivity index (χ0v) is 16.6. The lowest BCUT2D eigenvalue weighted by molar-refractivity contribution is 0.567. The average Bonchev–Trinajstić information content (AvgIpc) is 3.06. The summed E-state index contributed by atoms with van der Waals surface area (Å²) in [6.07, 6.45) is 0.963. The van der Waals surface area contributed by atoms with Crippen molar-refractivity contribution in [3.05, 3.63) is 59.7 Å². The smallest absolute Gasteiger partial charge is 0.225 e. The third kappa shape index (κ3) is 4.14. The molecule has 1 heterocycles. The number of hydrogen-bond acceptors (Lipinski definition) is 4. The van der Waals surface area contributed by atoms with Crippen LogP contribution < -0.4 is 14.5 Å². The van der Waals surface area contributed by atoms with E-state index >= 15 is 0 Å². The topological polar surface area (TPSA) is 52.7 Å². The van der Waals surface area contributed by atoms with Crippen LogP contribution in [-0.4, -0.2) is 40.8 Å². The van der Waals surface area contributed by atoms with Crippen LogP contribution in [0.2, 0.25) is 0 Å². The molecule has 0 saturated heterocycles. The quantitative estimate of drug-likeness (QED) is 0.735. The summed E-state index contributed by atoms with van der Waals surface area (Å²) < 4.78 is 26.4. The number of fused-ring (bicyclic) bond motifs is 1. The van der Waals surface area contributed by atoms with Gasteiger partial charge < -0.3 is 9.80 Å². The lowest BCUT2D eigenvalue weighted by Crippen LogP contribution is -2.37. The van der Waals surface area contributed by atoms with Gasteiger partial charge in [0.05, 0.1) is 6.04 Å². The fraction of sp³-hybridized carbons (Fsp3) is 0.368. The average molecular weight is 394 g/mol. The minimum absolute atomic E-state index is 0.0900. The Morgan fingerprint density at radius 3 is 2.50 bits per heavy atom. The van der Waals surface area contributed by atoms with Gasteiger partial charge in [-0.25, -0.2) is 13.1 Å². The Kier molecular flexibility index (Phi) is 5.75. The van der Waals surface area contributed by atoms with Crippen LogP contribution in [0, 0.1) is 0 Å². The summed E-state index contributed by atoms with van der Waals surface area (Å²) in [5, 5.41) is -0.435. The molecule has 1 aliphatic rings. The summed E-state index contributed by atoms with van der Waals surface area (Å²) >= 11 is 5.55. The fourth-order valence-corrected chi connectivity index (χ4v) is 4.05. The first-order valence-electron chi connectivity index (χ1n) is 8.56. The molecule has 0 radical (unpaired) electrons. The summed E-state index contributed by atoms with van der Waals surface area (Å²) in [4.78, 5) is 4.32. The normalized spacial score (nSPS) is 15.0. The lowest BCUT2D eigenvalue weighted by atomic mass is 10.0. The van der Waals surface area contributed by atoms with Gasteiger partial charge in [-0.3, -0.25) is 0 Å². The highest BCUT2D eigenvalue weighted by atomic mass is 35.5. The van der Waals surface area contributed by atoms with Crippen LogP contribution in [0.15, 0.2) is 48.5 Å². The first kappa shape index (κ1) is 19.0. The van der Waals surface area contributed by atoms with Gasteiger partial charge in [-0.15, -0.1) is 11.6 Å². The highest BCUT2D eigenvalue weighted by Gasteiger charge is 2.28. The second-order valence-electron chi connectivity index (χ2n) is 6.65. The molecule has 1 atom stereocenters. The highest BCUT2D eigenvalue weighted by molar-refractivity contribution is 7.90. The summed E-state index contributed by atoms with van der Waals surface area (Å²) in [6.45, 7) is 1.15. The molecular formula is C19H24ClN3O2S. The van der Waals surface area contributed by atoms with Crippen molar-refractivity contribution in [2.24, 2.45) is 0 Å². The summed E-state index contributed by atoms with van der Waals surface area (Å²) in [7, 11) is 0.525. The molecule has 0 aromatic heterocycles. The van der Waals surface area contributed by atoms with Gasteiger partial charge in [0, 0.05) is 38.6 Å². The summed E-state index contributed by atoms with van der Waals surface area (Å²) in [5.41, 5.74) is 4.64. The molecule has 0 fully saturated rings. The van der Waals surface area contributed by atoms with Crippen LogP contribution in [0.4, 0.5) is 11.4 Å². The van der Waals surface area contributed by atoms with Crippen molar-refractivity contribution < 1.29 is 8.42 Å². The van der Waals surface area contributed by atoms with Gasteiger partial charge in [0.15, 0.2) is 0 Å². The minimum Gasteiger partial charge on any atom is -0.378 e. The van der Waals surface area contributed by atoms with E-state index in [4.69, 9.17) is 11.6 Å². The van der Waals surface area contributed by atoms with Gasteiger partial charge in [-0.2, -0.15) is 0 Å². The lowest BCUT2D eigenvalue weighted by Gasteiger charge is -2.31. The van der Waals surface area contributed by atoms with Crippen molar-refractivity contribution in [1.29, 1.82) is 0 Å². The number of anilines is 2. The molecule has 2 aromatic carbocycles. The molecule has 2 aromatic rings. The number of hydrogen-bond donors (Lipinski definition) is 1. The molecule has 0 amide bonds. The zero-order valence-electron chi connectivity index (χ0n) is 15.0. The van der Waals surface area contributed by atoms with E-state index in [1.165, 1.54) is 11.3 Å². The molecule has 1 unspecified atom stereocenters. The third-order valence-corrected chi connectivity index (χ3v) is 6.49. The van der Waals surface area contributed by atoms with Gasteiger partial charge in [0.2, 0.25) is 10.0 Å². The van der Waals surface area contributed by atoms with Gasteiger partial charge in [0.25, 0.3) is 0 Å². The van der Waals surface area contributed by atoms with Gasteiger partial charge in [-0.1, -0.05) is 30.3 Å². The SMILES string of the molecule is CN(C)c1ccc(C(CNS(=O)(=O)CCl)N2CCc3ccccc32)cc1. The van der Waals surface area contributed by atoms with Gasteiger partial charge in [0.1, 0.15) is 5.21 Å². The number of para-hydroxylation sites is 1. The Balaban J connectivity index is 1.92. The van der Waals surface area contributed by atoms with E-state index in [1.807, 2.05) is 31.1 Å². The highest BCUT2D eigenvalue weighted by Crippen LogP contribution is 2.35. The largest absolute Gasteiger partial charge is 0.378 e. The number of alkyl halides is 1. The number of rotatable bonds is 7. The standard InChI is InChI=1S/C19H24ClN3O2S/c1-22(2)17-9-7-16(8-10-17)19(13-21-26(24,25)14-20)23-12-11-15-5-3-4-6-18(15)23/h3-10,19,21H,11-14H2,1-2H3. The Labute approximate surface area is 160 Å². The molecule has 1 aliphatic heterocycles. The van der Waals surface area contributed by atoms with Gasteiger partial charge in [-0.05, 0) is 35.7 Å². The van der Waals surface area contributed by atoms with Crippen molar-refractivity contribution in [3.63, 3.8) is 0 Å². The Morgan fingerprint density at radius 1 is 1.15 bits per heavy atom. The molecule has 3 rings (SSSR count). The molecule has 5 nitrogen and oxygen atoms in total. The van der Waals surface area contributed by atoms with Crippen LogP contribution in [-0.2, 0) is 16.4 Å². The van der Waals surface area contributed by atoms with Crippen LogP contribution in [0.1, 0.15) is 17.2 Å². The molecular weight excluding hydrogens is 370 g/mol. The van der Waals surface area contributed by atoms with E-state index in [2.05, 4.69) is 46.0 Å². The zero-order chi connectivity index (χ0) is 18.7. The van der Waals surface area contributed by atoms with Crippen LogP contribution in [0.25, 0.3) is 0 Å². The van der Waals surface area contributed by atoms with Gasteiger partial charge >= 0.3 is 0 Å². The van der Waals surface area contributed by atoms with Crippen molar-refractivity contribution in [2.45, 2.75) is 12.5 Å². The molecule has 0 spiro atoms. The number of sulfonamides is 1. The molecule has 1 N–H and O–H groups in total. The Morgan fingerprint density at radius 2 is 1.85 bits per heavy atom. The maximum atomic E-state index is 11.9.